The van der Waals surface area contributed by atoms with E-state index in [0.29, 0.717) is 19.3 Å². The van der Waals surface area contributed by atoms with Crippen molar-refractivity contribution in [3.63, 3.8) is 0 Å². The summed E-state index contributed by atoms with van der Waals surface area (Å²) in [6.07, 6.45) is 1.69. The maximum atomic E-state index is 12.5. The zero-order valence-electron chi connectivity index (χ0n) is 11.2. The zero-order chi connectivity index (χ0) is 14.8. The lowest BCUT2D eigenvalue weighted by molar-refractivity contribution is -0.148. The molecule has 2 rings (SSSR count). The van der Waals surface area contributed by atoms with E-state index in [-0.39, 0.29) is 23.3 Å². The number of carboxylic acid groups (broad SMARTS) is 1. The van der Waals surface area contributed by atoms with Crippen molar-refractivity contribution in [3.8, 4) is 0 Å². The van der Waals surface area contributed by atoms with E-state index in [4.69, 9.17) is 5.11 Å². The first-order valence-electron chi connectivity index (χ1n) is 6.82. The van der Waals surface area contributed by atoms with Crippen molar-refractivity contribution in [2.45, 2.75) is 25.3 Å². The highest BCUT2D eigenvalue weighted by Gasteiger charge is 2.37. The first-order valence-corrected chi connectivity index (χ1v) is 8.64. The Morgan fingerprint density at radius 1 is 1.20 bits per heavy atom. The fourth-order valence-corrected chi connectivity index (χ4v) is 4.59. The van der Waals surface area contributed by atoms with Crippen LogP contribution in [-0.4, -0.2) is 67.5 Å². The summed E-state index contributed by atoms with van der Waals surface area (Å²) in [6, 6.07) is -0.488. The van der Waals surface area contributed by atoms with Gasteiger partial charge < -0.3 is 15.3 Å². The predicted molar refractivity (Wildman–Crippen MR) is 72.0 cm³/mol. The molecular formula is C12H20N2O5S. The molecule has 0 spiro atoms. The highest BCUT2D eigenvalue weighted by molar-refractivity contribution is 7.91. The minimum atomic E-state index is -3.14. The van der Waals surface area contributed by atoms with Gasteiger partial charge in [0.2, 0.25) is 5.91 Å². The topological polar surface area (TPSA) is 104 Å². The standard InChI is InChI=1S/C12H20N2O5S/c15-11(16)7-14(10-3-6-20(18,19)8-10)12(17)9-1-4-13-5-2-9/h9-10,13H,1-8H2,(H,15,16). The molecule has 0 saturated carbocycles. The Balaban J connectivity index is 2.10. The van der Waals surface area contributed by atoms with Crippen molar-refractivity contribution >= 4 is 21.7 Å². The summed E-state index contributed by atoms with van der Waals surface area (Å²) >= 11 is 0. The summed E-state index contributed by atoms with van der Waals surface area (Å²) < 4.78 is 23.1. The van der Waals surface area contributed by atoms with Crippen LogP contribution in [0.1, 0.15) is 19.3 Å². The molecule has 0 aromatic carbocycles. The molecular weight excluding hydrogens is 284 g/mol. The number of sulfone groups is 1. The Morgan fingerprint density at radius 2 is 1.85 bits per heavy atom. The second-order valence-corrected chi connectivity index (χ2v) is 7.67. The molecule has 2 saturated heterocycles. The van der Waals surface area contributed by atoms with Gasteiger partial charge in [0.1, 0.15) is 6.54 Å². The van der Waals surface area contributed by atoms with Crippen LogP contribution in [-0.2, 0) is 19.4 Å². The molecule has 0 aromatic heterocycles. The molecule has 0 radical (unpaired) electrons. The van der Waals surface area contributed by atoms with Gasteiger partial charge >= 0.3 is 5.97 Å². The predicted octanol–water partition coefficient (Wildman–Crippen LogP) is -0.914. The number of nitrogens with one attached hydrogen (secondary N) is 1. The molecule has 7 nitrogen and oxygen atoms in total. The summed E-state index contributed by atoms with van der Waals surface area (Å²) in [5.74, 6) is -1.59. The van der Waals surface area contributed by atoms with Crippen LogP contribution >= 0.6 is 0 Å². The quantitative estimate of drug-likeness (QED) is 0.696. The van der Waals surface area contributed by atoms with Crippen LogP contribution in [0.5, 0.6) is 0 Å². The van der Waals surface area contributed by atoms with E-state index >= 15 is 0 Å². The van der Waals surface area contributed by atoms with Gasteiger partial charge in [0, 0.05) is 12.0 Å². The smallest absolute Gasteiger partial charge is 0.323 e. The molecule has 1 unspecified atom stereocenters. The Hall–Kier alpha value is -1.15. The molecule has 20 heavy (non-hydrogen) atoms. The van der Waals surface area contributed by atoms with Crippen LogP contribution in [0.25, 0.3) is 0 Å². The average Bonchev–Trinajstić information content (AvgIpc) is 2.76. The van der Waals surface area contributed by atoms with E-state index < -0.39 is 28.4 Å². The van der Waals surface area contributed by atoms with Crippen LogP contribution in [0.15, 0.2) is 0 Å². The number of hydrogen-bond acceptors (Lipinski definition) is 5. The maximum absolute atomic E-state index is 12.5. The summed E-state index contributed by atoms with van der Waals surface area (Å²) in [5.41, 5.74) is 0. The van der Waals surface area contributed by atoms with Crippen LogP contribution < -0.4 is 5.32 Å². The molecule has 1 atom stereocenters. The van der Waals surface area contributed by atoms with E-state index in [1.54, 1.807) is 0 Å². The summed E-state index contributed by atoms with van der Waals surface area (Å²) in [7, 11) is -3.14. The van der Waals surface area contributed by atoms with Gasteiger partial charge in [-0.05, 0) is 32.4 Å². The van der Waals surface area contributed by atoms with Crippen molar-refractivity contribution in [1.82, 2.24) is 10.2 Å². The number of carboxylic acids is 1. The minimum absolute atomic E-state index is 0.0350. The van der Waals surface area contributed by atoms with Crippen LogP contribution in [0, 0.1) is 5.92 Å². The second-order valence-electron chi connectivity index (χ2n) is 5.44. The lowest BCUT2D eigenvalue weighted by atomic mass is 9.95. The number of hydrogen-bond donors (Lipinski definition) is 2. The fourth-order valence-electron chi connectivity index (χ4n) is 2.86. The Kier molecular flexibility index (Phi) is 4.64. The van der Waals surface area contributed by atoms with Gasteiger partial charge in [-0.3, -0.25) is 9.59 Å². The highest BCUT2D eigenvalue weighted by Crippen LogP contribution is 2.22. The highest BCUT2D eigenvalue weighted by atomic mass is 32.2. The Bertz CT molecular complexity index is 484. The van der Waals surface area contributed by atoms with E-state index in [0.717, 1.165) is 13.1 Å². The Morgan fingerprint density at radius 3 is 2.35 bits per heavy atom. The third kappa shape index (κ3) is 3.69. The van der Waals surface area contributed by atoms with Gasteiger partial charge in [0.05, 0.1) is 11.5 Å². The Labute approximate surface area is 118 Å². The third-order valence-corrected chi connectivity index (χ3v) is 5.68. The molecule has 2 aliphatic heterocycles. The van der Waals surface area contributed by atoms with Crippen LogP contribution in [0.3, 0.4) is 0 Å². The SMILES string of the molecule is O=C(O)CN(C(=O)C1CCNCC1)C1CCS(=O)(=O)C1. The van der Waals surface area contributed by atoms with E-state index in [1.807, 2.05) is 0 Å². The molecule has 0 aliphatic carbocycles. The van der Waals surface area contributed by atoms with Crippen molar-refractivity contribution in [3.05, 3.63) is 0 Å². The first-order chi connectivity index (χ1) is 9.39. The van der Waals surface area contributed by atoms with E-state index in [2.05, 4.69) is 5.32 Å². The lowest BCUT2D eigenvalue weighted by Crippen LogP contribution is -2.48. The summed E-state index contributed by atoms with van der Waals surface area (Å²) in [6.45, 7) is 1.06. The maximum Gasteiger partial charge on any atom is 0.323 e. The molecule has 2 fully saturated rings. The van der Waals surface area contributed by atoms with Gasteiger partial charge in [-0.25, -0.2) is 8.42 Å². The van der Waals surface area contributed by atoms with Gasteiger partial charge in [0.15, 0.2) is 9.84 Å². The largest absolute Gasteiger partial charge is 0.480 e. The number of amides is 1. The third-order valence-electron chi connectivity index (χ3n) is 3.93. The number of rotatable bonds is 4. The van der Waals surface area contributed by atoms with Crippen molar-refractivity contribution < 1.29 is 23.1 Å². The molecule has 8 heteroatoms. The van der Waals surface area contributed by atoms with Crippen LogP contribution in [0.4, 0.5) is 0 Å². The van der Waals surface area contributed by atoms with E-state index in [9.17, 15) is 18.0 Å². The molecule has 0 aromatic rings. The second kappa shape index (κ2) is 6.09. The molecule has 0 bridgehead atoms. The van der Waals surface area contributed by atoms with Gasteiger partial charge in [-0.15, -0.1) is 0 Å². The number of carbonyl (C=O) groups excluding carboxylic acids is 1. The minimum Gasteiger partial charge on any atom is -0.480 e. The van der Waals surface area contributed by atoms with Crippen molar-refractivity contribution in [2.75, 3.05) is 31.1 Å². The summed E-state index contributed by atoms with van der Waals surface area (Å²) in [4.78, 5) is 24.7. The normalized spacial score (nSPS) is 26.3. The number of piperidine rings is 1. The number of carbonyl (C=O) groups is 2. The molecule has 2 N–H and O–H groups in total. The van der Waals surface area contributed by atoms with Crippen LogP contribution in [0.2, 0.25) is 0 Å². The molecule has 1 amide bonds. The van der Waals surface area contributed by atoms with Gasteiger partial charge in [0.25, 0.3) is 0 Å². The monoisotopic (exact) mass is 304 g/mol. The fraction of sp³-hybridized carbons (Fsp3) is 0.833. The first kappa shape index (κ1) is 15.2. The van der Waals surface area contributed by atoms with E-state index in [1.165, 1.54) is 4.90 Å². The van der Waals surface area contributed by atoms with Crippen molar-refractivity contribution in [2.24, 2.45) is 5.92 Å². The molecule has 2 aliphatic rings. The van der Waals surface area contributed by atoms with Gasteiger partial charge in [-0.2, -0.15) is 0 Å². The summed E-state index contributed by atoms with van der Waals surface area (Å²) in [5, 5.41) is 12.1. The lowest BCUT2D eigenvalue weighted by Gasteiger charge is -2.32. The molecule has 2 heterocycles. The number of aliphatic carboxylic acids is 1. The average molecular weight is 304 g/mol. The molecule has 114 valence electrons. The number of nitrogens with zero attached hydrogens (tertiary/aromatic N) is 1. The van der Waals surface area contributed by atoms with Crippen molar-refractivity contribution in [1.29, 1.82) is 0 Å². The zero-order valence-corrected chi connectivity index (χ0v) is 12.1. The van der Waals surface area contributed by atoms with Gasteiger partial charge in [-0.1, -0.05) is 0 Å².